The summed E-state index contributed by atoms with van der Waals surface area (Å²) in [6.07, 6.45) is 6.04. The third-order valence-electron chi connectivity index (χ3n) is 3.65. The van der Waals surface area contributed by atoms with Crippen LogP contribution >= 0.6 is 0 Å². The van der Waals surface area contributed by atoms with E-state index in [2.05, 4.69) is 21.8 Å². The first-order chi connectivity index (χ1) is 8.74. The first-order valence-electron chi connectivity index (χ1n) is 6.62. The minimum Gasteiger partial charge on any atom is -0.481 e. The summed E-state index contributed by atoms with van der Waals surface area (Å²) in [5.41, 5.74) is 5.96. The Labute approximate surface area is 108 Å². The van der Waals surface area contributed by atoms with Crippen molar-refractivity contribution in [3.8, 4) is 5.88 Å². The maximum absolute atomic E-state index is 5.96. The predicted octanol–water partition coefficient (Wildman–Crippen LogP) is 1.58. The molecule has 0 unspecified atom stereocenters. The van der Waals surface area contributed by atoms with Gasteiger partial charge in [0.2, 0.25) is 5.88 Å². The molecule has 1 aromatic heterocycles. The Morgan fingerprint density at radius 1 is 1.33 bits per heavy atom. The smallest absolute Gasteiger partial charge is 0.218 e. The van der Waals surface area contributed by atoms with Crippen molar-refractivity contribution in [3.05, 3.63) is 12.4 Å². The van der Waals surface area contributed by atoms with Crippen LogP contribution in [-0.2, 0) is 0 Å². The molecule has 100 valence electrons. The number of rotatable bonds is 4. The number of hydrogen-bond acceptors (Lipinski definition) is 5. The van der Waals surface area contributed by atoms with Gasteiger partial charge < -0.3 is 15.4 Å². The lowest BCUT2D eigenvalue weighted by Crippen LogP contribution is -2.41. The quantitative estimate of drug-likeness (QED) is 0.879. The Bertz CT molecular complexity index is 377. The zero-order chi connectivity index (χ0) is 13.0. The molecule has 0 spiro atoms. The third-order valence-corrected chi connectivity index (χ3v) is 3.65. The van der Waals surface area contributed by atoms with Crippen molar-refractivity contribution in [1.82, 2.24) is 9.97 Å². The molecule has 1 aliphatic carbocycles. The first kappa shape index (κ1) is 13.1. The predicted molar refractivity (Wildman–Crippen MR) is 71.8 cm³/mol. The second-order valence-electron chi connectivity index (χ2n) is 4.77. The van der Waals surface area contributed by atoms with E-state index in [4.69, 9.17) is 10.5 Å². The zero-order valence-electron chi connectivity index (χ0n) is 11.2. The number of aromatic nitrogens is 2. The van der Waals surface area contributed by atoms with Crippen LogP contribution in [0.3, 0.4) is 0 Å². The van der Waals surface area contributed by atoms with Gasteiger partial charge in [0.1, 0.15) is 12.1 Å². The highest BCUT2D eigenvalue weighted by atomic mass is 16.5. The summed E-state index contributed by atoms with van der Waals surface area (Å²) in [4.78, 5) is 10.7. The molecule has 1 aliphatic rings. The van der Waals surface area contributed by atoms with Crippen molar-refractivity contribution in [2.75, 3.05) is 18.6 Å². The Morgan fingerprint density at radius 3 is 2.67 bits per heavy atom. The van der Waals surface area contributed by atoms with Crippen LogP contribution < -0.4 is 15.4 Å². The lowest BCUT2D eigenvalue weighted by molar-refractivity contribution is 0.374. The van der Waals surface area contributed by atoms with E-state index in [0.29, 0.717) is 18.0 Å². The molecule has 5 nitrogen and oxygen atoms in total. The summed E-state index contributed by atoms with van der Waals surface area (Å²) in [5.74, 6) is 1.57. The average molecular weight is 250 g/mol. The van der Waals surface area contributed by atoms with Crippen LogP contribution in [-0.4, -0.2) is 35.7 Å². The number of hydrogen-bond donors (Lipinski definition) is 1. The molecule has 18 heavy (non-hydrogen) atoms. The molecular weight excluding hydrogens is 228 g/mol. The van der Waals surface area contributed by atoms with E-state index in [1.165, 1.54) is 0 Å². The molecule has 0 atom stereocenters. The lowest BCUT2D eigenvalue weighted by atomic mass is 9.91. The fourth-order valence-electron chi connectivity index (χ4n) is 2.62. The maximum atomic E-state index is 5.96. The molecule has 5 heteroatoms. The number of nitrogens with two attached hydrogens (primary N) is 1. The number of anilines is 1. The Hall–Kier alpha value is -1.36. The zero-order valence-corrected chi connectivity index (χ0v) is 11.2. The van der Waals surface area contributed by atoms with Crippen LogP contribution in [0, 0.1) is 0 Å². The van der Waals surface area contributed by atoms with E-state index >= 15 is 0 Å². The van der Waals surface area contributed by atoms with Gasteiger partial charge in [-0.3, -0.25) is 0 Å². The van der Waals surface area contributed by atoms with Crippen LogP contribution in [0.15, 0.2) is 12.4 Å². The van der Waals surface area contributed by atoms with Gasteiger partial charge in [-0.15, -0.1) is 0 Å². The SMILES string of the molecule is CCN(c1cc(OC)ncn1)C1CCC(N)CC1. The highest BCUT2D eigenvalue weighted by Gasteiger charge is 2.24. The van der Waals surface area contributed by atoms with E-state index in [0.717, 1.165) is 38.0 Å². The molecule has 1 heterocycles. The van der Waals surface area contributed by atoms with Gasteiger partial charge in [0.25, 0.3) is 0 Å². The fourth-order valence-corrected chi connectivity index (χ4v) is 2.62. The van der Waals surface area contributed by atoms with Crippen LogP contribution in [0.25, 0.3) is 0 Å². The number of methoxy groups -OCH3 is 1. The van der Waals surface area contributed by atoms with E-state index in [1.54, 1.807) is 13.4 Å². The van der Waals surface area contributed by atoms with Crippen molar-refractivity contribution in [2.24, 2.45) is 5.73 Å². The van der Waals surface area contributed by atoms with Crippen molar-refractivity contribution in [2.45, 2.75) is 44.7 Å². The molecule has 1 fully saturated rings. The summed E-state index contributed by atoms with van der Waals surface area (Å²) in [6, 6.07) is 2.81. The van der Waals surface area contributed by atoms with E-state index in [9.17, 15) is 0 Å². The van der Waals surface area contributed by atoms with Gasteiger partial charge in [0.05, 0.1) is 7.11 Å². The Morgan fingerprint density at radius 2 is 2.06 bits per heavy atom. The lowest BCUT2D eigenvalue weighted by Gasteiger charge is -2.36. The minimum atomic E-state index is 0.375. The topological polar surface area (TPSA) is 64.3 Å². The third kappa shape index (κ3) is 2.90. The van der Waals surface area contributed by atoms with Crippen LogP contribution in [0.4, 0.5) is 5.82 Å². The average Bonchev–Trinajstić information content (AvgIpc) is 2.42. The van der Waals surface area contributed by atoms with Gasteiger partial charge in [-0.05, 0) is 32.6 Å². The molecule has 0 saturated heterocycles. The Balaban J connectivity index is 2.11. The second kappa shape index (κ2) is 6.00. The van der Waals surface area contributed by atoms with Gasteiger partial charge in [-0.25, -0.2) is 9.97 Å². The summed E-state index contributed by atoms with van der Waals surface area (Å²) < 4.78 is 5.16. The highest BCUT2D eigenvalue weighted by molar-refractivity contribution is 5.42. The minimum absolute atomic E-state index is 0.375. The molecule has 0 amide bonds. The first-order valence-corrected chi connectivity index (χ1v) is 6.62. The molecule has 2 N–H and O–H groups in total. The fraction of sp³-hybridized carbons (Fsp3) is 0.692. The molecule has 1 aromatic rings. The van der Waals surface area contributed by atoms with Crippen molar-refractivity contribution >= 4 is 5.82 Å². The maximum Gasteiger partial charge on any atom is 0.218 e. The molecular formula is C13H22N4O. The van der Waals surface area contributed by atoms with Crippen molar-refractivity contribution in [1.29, 1.82) is 0 Å². The molecule has 0 aromatic carbocycles. The summed E-state index contributed by atoms with van der Waals surface area (Å²) in [5, 5.41) is 0. The van der Waals surface area contributed by atoms with Gasteiger partial charge in [-0.1, -0.05) is 0 Å². The molecule has 2 rings (SSSR count). The van der Waals surface area contributed by atoms with E-state index in [1.807, 2.05) is 6.07 Å². The number of ether oxygens (including phenoxy) is 1. The van der Waals surface area contributed by atoms with E-state index < -0.39 is 0 Å². The molecule has 0 aliphatic heterocycles. The summed E-state index contributed by atoms with van der Waals surface area (Å²) in [6.45, 7) is 3.10. The van der Waals surface area contributed by atoms with Crippen LogP contribution in [0.5, 0.6) is 5.88 Å². The monoisotopic (exact) mass is 250 g/mol. The van der Waals surface area contributed by atoms with Gasteiger partial charge in [-0.2, -0.15) is 0 Å². The summed E-state index contributed by atoms with van der Waals surface area (Å²) >= 11 is 0. The second-order valence-corrected chi connectivity index (χ2v) is 4.77. The van der Waals surface area contributed by atoms with Gasteiger partial charge in [0.15, 0.2) is 0 Å². The standard InChI is InChI=1S/C13H22N4O/c1-3-17(11-6-4-10(14)5-7-11)12-8-13(18-2)16-9-15-12/h8-11H,3-7,14H2,1-2H3. The molecule has 0 radical (unpaired) electrons. The normalized spacial score (nSPS) is 23.7. The van der Waals surface area contributed by atoms with Gasteiger partial charge >= 0.3 is 0 Å². The number of nitrogens with zero attached hydrogens (tertiary/aromatic N) is 3. The molecule has 1 saturated carbocycles. The van der Waals surface area contributed by atoms with Crippen LogP contribution in [0.1, 0.15) is 32.6 Å². The Kier molecular flexibility index (Phi) is 4.36. The molecule has 0 bridgehead atoms. The largest absolute Gasteiger partial charge is 0.481 e. The van der Waals surface area contributed by atoms with Crippen molar-refractivity contribution in [3.63, 3.8) is 0 Å². The van der Waals surface area contributed by atoms with E-state index in [-0.39, 0.29) is 0 Å². The van der Waals surface area contributed by atoms with Gasteiger partial charge in [0, 0.05) is 24.7 Å². The van der Waals surface area contributed by atoms with Crippen molar-refractivity contribution < 1.29 is 4.74 Å². The summed E-state index contributed by atoms with van der Waals surface area (Å²) in [7, 11) is 1.63. The van der Waals surface area contributed by atoms with Crippen LogP contribution in [0.2, 0.25) is 0 Å². The highest BCUT2D eigenvalue weighted by Crippen LogP contribution is 2.26.